The molecule has 94 valence electrons. The van der Waals surface area contributed by atoms with Crippen LogP contribution in [-0.2, 0) is 11.3 Å². The van der Waals surface area contributed by atoms with E-state index in [-0.39, 0.29) is 5.75 Å². The lowest BCUT2D eigenvalue weighted by Gasteiger charge is -2.08. The van der Waals surface area contributed by atoms with Crippen molar-refractivity contribution in [3.63, 3.8) is 0 Å². The van der Waals surface area contributed by atoms with Crippen LogP contribution in [0.1, 0.15) is 5.69 Å². The van der Waals surface area contributed by atoms with Gasteiger partial charge in [0.25, 0.3) is 0 Å². The fraction of sp³-hybridized carbons (Fsp3) is 0.167. The summed E-state index contributed by atoms with van der Waals surface area (Å²) in [5.41, 5.74) is 7.31. The van der Waals surface area contributed by atoms with Crippen molar-refractivity contribution in [1.82, 2.24) is 9.97 Å². The van der Waals surface area contributed by atoms with Gasteiger partial charge in [-0.2, -0.15) is 0 Å². The lowest BCUT2D eigenvalue weighted by molar-refractivity contribution is 0.181. The van der Waals surface area contributed by atoms with Crippen LogP contribution in [0.15, 0.2) is 24.3 Å². The van der Waals surface area contributed by atoms with Crippen LogP contribution >= 0.6 is 22.6 Å². The smallest absolute Gasteiger partial charge is 0.162 e. The Bertz CT molecular complexity index is 575. The predicted molar refractivity (Wildman–Crippen MR) is 77.0 cm³/mol. The lowest BCUT2D eigenvalue weighted by atomic mass is 10.2. The SMILES string of the molecule is COCc1nc(-c2cccc(O)c2)nc(N)c1I. The Kier molecular flexibility index (Phi) is 3.97. The first-order valence-corrected chi connectivity index (χ1v) is 6.30. The molecule has 2 rings (SSSR count). The topological polar surface area (TPSA) is 81.3 Å². The first-order chi connectivity index (χ1) is 8.61. The largest absolute Gasteiger partial charge is 0.508 e. The summed E-state index contributed by atoms with van der Waals surface area (Å²) in [6.07, 6.45) is 0. The van der Waals surface area contributed by atoms with E-state index in [0.717, 1.165) is 14.8 Å². The third-order valence-corrected chi connectivity index (χ3v) is 3.51. The minimum absolute atomic E-state index is 0.168. The summed E-state index contributed by atoms with van der Waals surface area (Å²) in [6, 6.07) is 6.74. The van der Waals surface area contributed by atoms with Crippen molar-refractivity contribution in [2.45, 2.75) is 6.61 Å². The van der Waals surface area contributed by atoms with Crippen molar-refractivity contribution >= 4 is 28.4 Å². The second kappa shape index (κ2) is 5.49. The molecule has 0 aliphatic rings. The number of nitrogens with two attached hydrogens (primary N) is 1. The highest BCUT2D eigenvalue weighted by molar-refractivity contribution is 14.1. The Morgan fingerprint density at radius 3 is 2.83 bits per heavy atom. The van der Waals surface area contributed by atoms with Gasteiger partial charge >= 0.3 is 0 Å². The van der Waals surface area contributed by atoms with Gasteiger partial charge < -0.3 is 15.6 Å². The molecule has 1 heterocycles. The number of benzene rings is 1. The van der Waals surface area contributed by atoms with Crippen molar-refractivity contribution < 1.29 is 9.84 Å². The Balaban J connectivity index is 2.51. The summed E-state index contributed by atoms with van der Waals surface area (Å²) in [4.78, 5) is 8.62. The molecule has 0 saturated heterocycles. The van der Waals surface area contributed by atoms with Gasteiger partial charge in [-0.05, 0) is 34.7 Å². The van der Waals surface area contributed by atoms with Gasteiger partial charge in [0.1, 0.15) is 11.6 Å². The number of phenolic OH excluding ortho intramolecular Hbond substituents is 1. The van der Waals surface area contributed by atoms with Crippen LogP contribution in [0.2, 0.25) is 0 Å². The maximum atomic E-state index is 9.46. The highest BCUT2D eigenvalue weighted by atomic mass is 127. The molecular formula is C12H12IN3O2. The maximum Gasteiger partial charge on any atom is 0.162 e. The van der Waals surface area contributed by atoms with E-state index in [4.69, 9.17) is 10.5 Å². The van der Waals surface area contributed by atoms with Crippen LogP contribution < -0.4 is 5.73 Å². The molecular weight excluding hydrogens is 345 g/mol. The van der Waals surface area contributed by atoms with Gasteiger partial charge in [0.05, 0.1) is 15.9 Å². The van der Waals surface area contributed by atoms with Crippen molar-refractivity contribution in [2.24, 2.45) is 0 Å². The van der Waals surface area contributed by atoms with E-state index in [9.17, 15) is 5.11 Å². The van der Waals surface area contributed by atoms with E-state index >= 15 is 0 Å². The van der Waals surface area contributed by atoms with Crippen molar-refractivity contribution in [2.75, 3.05) is 12.8 Å². The molecule has 0 aliphatic carbocycles. The monoisotopic (exact) mass is 357 g/mol. The molecule has 0 bridgehead atoms. The van der Waals surface area contributed by atoms with Gasteiger partial charge in [-0.15, -0.1) is 0 Å². The summed E-state index contributed by atoms with van der Waals surface area (Å²) in [7, 11) is 1.60. The maximum absolute atomic E-state index is 9.46. The van der Waals surface area contributed by atoms with Gasteiger partial charge in [0.2, 0.25) is 0 Å². The van der Waals surface area contributed by atoms with E-state index in [1.54, 1.807) is 25.3 Å². The number of aromatic nitrogens is 2. The van der Waals surface area contributed by atoms with E-state index in [1.165, 1.54) is 0 Å². The summed E-state index contributed by atoms with van der Waals surface area (Å²) in [6.45, 7) is 0.372. The normalized spacial score (nSPS) is 10.6. The number of hydrogen-bond acceptors (Lipinski definition) is 5. The van der Waals surface area contributed by atoms with E-state index < -0.39 is 0 Å². The van der Waals surface area contributed by atoms with Gasteiger partial charge in [0.15, 0.2) is 5.82 Å². The van der Waals surface area contributed by atoms with Gasteiger partial charge in [-0.3, -0.25) is 0 Å². The number of aromatic hydroxyl groups is 1. The van der Waals surface area contributed by atoms with Crippen molar-refractivity contribution in [3.05, 3.63) is 33.5 Å². The number of hydrogen-bond donors (Lipinski definition) is 2. The van der Waals surface area contributed by atoms with Gasteiger partial charge in [-0.1, -0.05) is 12.1 Å². The van der Waals surface area contributed by atoms with Crippen LogP contribution in [0.4, 0.5) is 5.82 Å². The minimum atomic E-state index is 0.168. The van der Waals surface area contributed by atoms with Crippen LogP contribution in [-0.4, -0.2) is 22.2 Å². The Labute approximate surface area is 118 Å². The van der Waals surface area contributed by atoms with Crippen LogP contribution in [0.5, 0.6) is 5.75 Å². The molecule has 0 unspecified atom stereocenters. The molecule has 1 aromatic heterocycles. The fourth-order valence-electron chi connectivity index (χ4n) is 1.52. The molecule has 0 aliphatic heterocycles. The first-order valence-electron chi connectivity index (χ1n) is 5.22. The number of nitrogen functional groups attached to an aromatic ring is 1. The molecule has 3 N–H and O–H groups in total. The number of methoxy groups -OCH3 is 1. The van der Waals surface area contributed by atoms with Gasteiger partial charge in [-0.25, -0.2) is 9.97 Å². The zero-order chi connectivity index (χ0) is 13.1. The molecule has 0 saturated carbocycles. The number of ether oxygens (including phenoxy) is 1. The molecule has 18 heavy (non-hydrogen) atoms. The van der Waals surface area contributed by atoms with E-state index in [2.05, 4.69) is 32.6 Å². The van der Waals surface area contributed by atoms with Crippen LogP contribution in [0, 0.1) is 3.57 Å². The zero-order valence-electron chi connectivity index (χ0n) is 9.72. The molecule has 0 amide bonds. The fourth-order valence-corrected chi connectivity index (χ4v) is 1.92. The molecule has 0 spiro atoms. The number of anilines is 1. The molecule has 0 fully saturated rings. The number of phenols is 1. The molecule has 1 aromatic carbocycles. The number of nitrogens with zero attached hydrogens (tertiary/aromatic N) is 2. The third kappa shape index (κ3) is 2.70. The summed E-state index contributed by atoms with van der Waals surface area (Å²) < 4.78 is 5.87. The quantitative estimate of drug-likeness (QED) is 0.823. The van der Waals surface area contributed by atoms with Crippen molar-refractivity contribution in [3.8, 4) is 17.1 Å². The summed E-state index contributed by atoms with van der Waals surface area (Å²) >= 11 is 2.09. The highest BCUT2D eigenvalue weighted by Gasteiger charge is 2.11. The predicted octanol–water partition coefficient (Wildman–Crippen LogP) is 2.18. The third-order valence-electron chi connectivity index (χ3n) is 2.33. The van der Waals surface area contributed by atoms with E-state index in [1.807, 2.05) is 6.07 Å². The molecule has 0 atom stereocenters. The second-order valence-electron chi connectivity index (χ2n) is 3.68. The number of halogens is 1. The second-order valence-corrected chi connectivity index (χ2v) is 4.76. The van der Waals surface area contributed by atoms with Crippen molar-refractivity contribution in [1.29, 1.82) is 0 Å². The number of rotatable bonds is 3. The average Bonchev–Trinajstić information content (AvgIpc) is 2.35. The van der Waals surface area contributed by atoms with Gasteiger partial charge in [0, 0.05) is 12.7 Å². The summed E-state index contributed by atoms with van der Waals surface area (Å²) in [5, 5.41) is 9.46. The lowest BCUT2D eigenvalue weighted by Crippen LogP contribution is -2.05. The highest BCUT2D eigenvalue weighted by Crippen LogP contribution is 2.24. The van der Waals surface area contributed by atoms with Crippen LogP contribution in [0.3, 0.4) is 0 Å². The van der Waals surface area contributed by atoms with E-state index in [0.29, 0.717) is 18.2 Å². The first kappa shape index (κ1) is 13.0. The molecule has 0 radical (unpaired) electrons. The Hall–Kier alpha value is -1.41. The molecule has 6 heteroatoms. The minimum Gasteiger partial charge on any atom is -0.508 e. The standard InChI is InChI=1S/C12H12IN3O2/c1-18-6-9-10(13)11(14)16-12(15-9)7-3-2-4-8(17)5-7/h2-5,17H,6H2,1H3,(H2,14,15,16). The Morgan fingerprint density at radius 2 is 2.17 bits per heavy atom. The molecule has 2 aromatic rings. The Morgan fingerprint density at radius 1 is 1.39 bits per heavy atom. The average molecular weight is 357 g/mol. The zero-order valence-corrected chi connectivity index (χ0v) is 11.9. The van der Waals surface area contributed by atoms with Crippen LogP contribution in [0.25, 0.3) is 11.4 Å². The molecule has 5 nitrogen and oxygen atoms in total. The summed E-state index contributed by atoms with van der Waals surface area (Å²) in [5.74, 6) is 1.06.